The Morgan fingerprint density at radius 2 is 1.86 bits per heavy atom. The lowest BCUT2D eigenvalue weighted by Crippen LogP contribution is -2.05. The summed E-state index contributed by atoms with van der Waals surface area (Å²) in [4.78, 5) is 26.3. The van der Waals surface area contributed by atoms with Crippen LogP contribution >= 0.6 is 0 Å². The zero-order valence-electron chi connectivity index (χ0n) is 19.4. The second kappa shape index (κ2) is 10.1. The molecule has 8 nitrogen and oxygen atoms in total. The molecule has 3 heterocycles. The molecule has 0 unspecified atom stereocenters. The molecular formula is C28H20N6O2. The third-order valence-electron chi connectivity index (χ3n) is 5.76. The number of benzene rings is 2. The highest BCUT2D eigenvalue weighted by atomic mass is 16.4. The van der Waals surface area contributed by atoms with Gasteiger partial charge in [-0.25, -0.2) is 9.97 Å². The van der Waals surface area contributed by atoms with Gasteiger partial charge in [0.1, 0.15) is 5.82 Å². The molecule has 0 saturated heterocycles. The normalized spacial score (nSPS) is 10.7. The Balaban J connectivity index is 1.30. The van der Waals surface area contributed by atoms with Crippen LogP contribution in [-0.4, -0.2) is 30.9 Å². The summed E-state index contributed by atoms with van der Waals surface area (Å²) >= 11 is 0. The summed E-state index contributed by atoms with van der Waals surface area (Å²) in [5.74, 6) is 0.839. The maximum absolute atomic E-state index is 12.9. The van der Waals surface area contributed by atoms with Crippen molar-refractivity contribution in [2.75, 3.05) is 0 Å². The first-order chi connectivity index (χ1) is 17.6. The molecule has 0 aliphatic heterocycles. The third kappa shape index (κ3) is 5.05. The summed E-state index contributed by atoms with van der Waals surface area (Å²) in [5.41, 5.74) is 6.09. The second-order valence-corrected chi connectivity index (χ2v) is 8.24. The summed E-state index contributed by atoms with van der Waals surface area (Å²) in [6, 6.07) is 20.5. The van der Waals surface area contributed by atoms with E-state index in [-0.39, 0.29) is 24.0 Å². The number of hydrogen-bond acceptors (Lipinski definition) is 8. The van der Waals surface area contributed by atoms with Gasteiger partial charge in [-0.15, -0.1) is 5.10 Å². The molecule has 0 aliphatic carbocycles. The van der Waals surface area contributed by atoms with Gasteiger partial charge in [-0.3, -0.25) is 9.78 Å². The van der Waals surface area contributed by atoms with Crippen LogP contribution in [0.1, 0.15) is 38.8 Å². The standard InChI is InChI=1S/C28H20N6O2/c1-18-4-5-19(13-23(18)15-26-31-12-10-24(32-26)22-3-2-11-30-17-22)14-25(35)20-6-8-21(9-7-20)28-34-33-27(16-29)36-28/h2-13,17H,14-15H2,1H3. The van der Waals surface area contributed by atoms with Crippen molar-refractivity contribution >= 4 is 5.78 Å². The van der Waals surface area contributed by atoms with Crippen molar-refractivity contribution in [1.82, 2.24) is 25.1 Å². The predicted molar refractivity (Wildman–Crippen MR) is 132 cm³/mol. The molecule has 8 heteroatoms. The first kappa shape index (κ1) is 22.7. The fraction of sp³-hybridized carbons (Fsp3) is 0.107. The number of pyridine rings is 1. The van der Waals surface area contributed by atoms with Crippen LogP contribution < -0.4 is 0 Å². The first-order valence-corrected chi connectivity index (χ1v) is 11.3. The molecule has 2 aromatic carbocycles. The average Bonchev–Trinajstić information content (AvgIpc) is 3.41. The molecule has 0 bridgehead atoms. The molecular weight excluding hydrogens is 452 g/mol. The van der Waals surface area contributed by atoms with Gasteiger partial charge in [-0.05, 0) is 53.9 Å². The van der Waals surface area contributed by atoms with E-state index in [4.69, 9.17) is 14.7 Å². The third-order valence-corrected chi connectivity index (χ3v) is 5.76. The van der Waals surface area contributed by atoms with Crippen LogP contribution in [0.15, 0.2) is 83.7 Å². The minimum atomic E-state index is -0.102. The Hall–Kier alpha value is -5.03. The van der Waals surface area contributed by atoms with Crippen molar-refractivity contribution in [3.8, 4) is 28.8 Å². The van der Waals surface area contributed by atoms with Crippen LogP contribution in [0.25, 0.3) is 22.7 Å². The van der Waals surface area contributed by atoms with E-state index < -0.39 is 0 Å². The molecule has 0 fully saturated rings. The topological polar surface area (TPSA) is 118 Å². The monoisotopic (exact) mass is 472 g/mol. The molecule has 0 radical (unpaired) electrons. The van der Waals surface area contributed by atoms with Crippen LogP contribution in [0.4, 0.5) is 0 Å². The van der Waals surface area contributed by atoms with Gasteiger partial charge in [-0.1, -0.05) is 35.4 Å². The zero-order valence-corrected chi connectivity index (χ0v) is 19.4. The van der Waals surface area contributed by atoms with E-state index in [9.17, 15) is 4.79 Å². The Labute approximate surface area is 207 Å². The van der Waals surface area contributed by atoms with Gasteiger partial charge in [0.05, 0.1) is 5.69 Å². The first-order valence-electron chi connectivity index (χ1n) is 11.3. The summed E-state index contributed by atoms with van der Waals surface area (Å²) in [5, 5.41) is 16.3. The zero-order chi connectivity index (χ0) is 24.9. The lowest BCUT2D eigenvalue weighted by Gasteiger charge is -2.10. The highest BCUT2D eigenvalue weighted by molar-refractivity contribution is 5.97. The molecule has 0 saturated carbocycles. The minimum Gasteiger partial charge on any atom is -0.408 e. The van der Waals surface area contributed by atoms with Crippen molar-refractivity contribution in [3.63, 3.8) is 0 Å². The number of aromatic nitrogens is 5. The molecule has 0 atom stereocenters. The van der Waals surface area contributed by atoms with E-state index in [2.05, 4.69) is 20.2 Å². The van der Waals surface area contributed by atoms with Crippen molar-refractivity contribution in [2.24, 2.45) is 0 Å². The Bertz CT molecular complexity index is 1570. The van der Waals surface area contributed by atoms with Gasteiger partial charge in [-0.2, -0.15) is 5.26 Å². The molecule has 3 aromatic heterocycles. The van der Waals surface area contributed by atoms with Gasteiger partial charge >= 0.3 is 5.89 Å². The maximum atomic E-state index is 12.9. The highest BCUT2D eigenvalue weighted by Gasteiger charge is 2.13. The summed E-state index contributed by atoms with van der Waals surface area (Å²) in [6.45, 7) is 2.04. The van der Waals surface area contributed by atoms with Gasteiger partial charge in [0.15, 0.2) is 11.9 Å². The van der Waals surface area contributed by atoms with Crippen LogP contribution in [0.2, 0.25) is 0 Å². The fourth-order valence-electron chi connectivity index (χ4n) is 3.83. The molecule has 5 aromatic rings. The summed E-state index contributed by atoms with van der Waals surface area (Å²) in [6.07, 6.45) is 6.09. The molecule has 174 valence electrons. The van der Waals surface area contributed by atoms with Gasteiger partial charge < -0.3 is 4.42 Å². The van der Waals surface area contributed by atoms with Gasteiger partial charge in [0.2, 0.25) is 5.89 Å². The average molecular weight is 473 g/mol. The SMILES string of the molecule is Cc1ccc(CC(=O)c2ccc(-c3nnc(C#N)o3)cc2)cc1Cc1nccc(-c2cccnc2)n1. The number of Topliss-reactive ketones (excluding diaryl/α,β-unsaturated/α-hetero) is 1. The molecule has 36 heavy (non-hydrogen) atoms. The number of carbonyl (C=O) groups is 1. The van der Waals surface area contributed by atoms with Gasteiger partial charge in [0.25, 0.3) is 0 Å². The van der Waals surface area contributed by atoms with E-state index in [0.717, 1.165) is 27.9 Å². The minimum absolute atomic E-state index is 0.00517. The lowest BCUT2D eigenvalue weighted by atomic mass is 9.97. The van der Waals surface area contributed by atoms with E-state index in [0.29, 0.717) is 23.4 Å². The van der Waals surface area contributed by atoms with Crippen LogP contribution in [-0.2, 0) is 12.8 Å². The van der Waals surface area contributed by atoms with Crippen molar-refractivity contribution in [2.45, 2.75) is 19.8 Å². The van der Waals surface area contributed by atoms with Crippen molar-refractivity contribution in [1.29, 1.82) is 5.26 Å². The number of rotatable bonds is 7. The van der Waals surface area contributed by atoms with Crippen molar-refractivity contribution in [3.05, 3.63) is 113 Å². The number of carbonyl (C=O) groups excluding carboxylic acids is 1. The molecule has 5 rings (SSSR count). The Kier molecular flexibility index (Phi) is 6.36. The molecule has 0 amide bonds. The van der Waals surface area contributed by atoms with Crippen LogP contribution in [0, 0.1) is 18.3 Å². The number of aryl methyl sites for hydroxylation is 1. The predicted octanol–water partition coefficient (Wildman–Crippen LogP) is 4.78. The largest absolute Gasteiger partial charge is 0.408 e. The number of ketones is 1. The second-order valence-electron chi connectivity index (χ2n) is 8.24. The van der Waals surface area contributed by atoms with Crippen molar-refractivity contribution < 1.29 is 9.21 Å². The van der Waals surface area contributed by atoms with Crippen LogP contribution in [0.5, 0.6) is 0 Å². The lowest BCUT2D eigenvalue weighted by molar-refractivity contribution is 0.0993. The van der Waals surface area contributed by atoms with Gasteiger partial charge in [0, 0.05) is 48.1 Å². The quantitative estimate of drug-likeness (QED) is 0.310. The fourth-order valence-corrected chi connectivity index (χ4v) is 3.83. The molecule has 0 spiro atoms. The highest BCUT2D eigenvalue weighted by Crippen LogP contribution is 2.21. The number of nitrogens with zero attached hydrogens (tertiary/aromatic N) is 6. The Morgan fingerprint density at radius 3 is 2.61 bits per heavy atom. The summed E-state index contributed by atoms with van der Waals surface area (Å²) < 4.78 is 5.24. The number of nitriles is 1. The van der Waals surface area contributed by atoms with E-state index in [1.54, 1.807) is 48.9 Å². The smallest absolute Gasteiger partial charge is 0.321 e. The van der Waals surface area contributed by atoms with E-state index >= 15 is 0 Å². The Morgan fingerprint density at radius 1 is 1.00 bits per heavy atom. The maximum Gasteiger partial charge on any atom is 0.321 e. The summed E-state index contributed by atoms with van der Waals surface area (Å²) in [7, 11) is 0. The van der Waals surface area contributed by atoms with Crippen LogP contribution in [0.3, 0.4) is 0 Å². The molecule has 0 N–H and O–H groups in total. The van der Waals surface area contributed by atoms with E-state index in [1.807, 2.05) is 43.3 Å². The molecule has 0 aliphatic rings. The van der Waals surface area contributed by atoms with E-state index in [1.165, 1.54) is 0 Å². The number of hydrogen-bond donors (Lipinski definition) is 0.